The van der Waals surface area contributed by atoms with Crippen LogP contribution in [0.2, 0.25) is 0 Å². The number of nitrogens with one attached hydrogen (secondary N) is 1. The van der Waals surface area contributed by atoms with E-state index in [1.54, 1.807) is 7.11 Å². The molecule has 0 fully saturated rings. The molecule has 0 spiro atoms. The van der Waals surface area contributed by atoms with E-state index >= 15 is 0 Å². The molecule has 3 heteroatoms. The lowest BCUT2D eigenvalue weighted by Gasteiger charge is -2.23. The van der Waals surface area contributed by atoms with Gasteiger partial charge in [0.05, 0.1) is 0 Å². The fraction of sp³-hybridized carbons (Fsp3) is 0.647. The molecule has 0 radical (unpaired) electrons. The Hall–Kier alpha value is -1.06. The van der Waals surface area contributed by atoms with Gasteiger partial charge in [0.25, 0.3) is 0 Å². The van der Waals surface area contributed by atoms with Gasteiger partial charge in [0.1, 0.15) is 12.4 Å². The van der Waals surface area contributed by atoms with Crippen molar-refractivity contribution in [3.05, 3.63) is 29.3 Å². The summed E-state index contributed by atoms with van der Waals surface area (Å²) < 4.78 is 10.9. The first-order chi connectivity index (χ1) is 9.45. The largest absolute Gasteiger partial charge is 0.492 e. The van der Waals surface area contributed by atoms with E-state index in [4.69, 9.17) is 9.47 Å². The van der Waals surface area contributed by atoms with Gasteiger partial charge >= 0.3 is 0 Å². The van der Waals surface area contributed by atoms with Crippen LogP contribution in [-0.4, -0.2) is 33.4 Å². The predicted molar refractivity (Wildman–Crippen MR) is 84.7 cm³/mol. The van der Waals surface area contributed by atoms with Crippen molar-refractivity contribution in [3.63, 3.8) is 0 Å². The molecule has 0 aliphatic carbocycles. The van der Waals surface area contributed by atoms with E-state index in [9.17, 15) is 0 Å². The Labute approximate surface area is 123 Å². The molecule has 1 aromatic carbocycles. The molecule has 0 aromatic heterocycles. The minimum atomic E-state index is 0.104. The van der Waals surface area contributed by atoms with E-state index in [-0.39, 0.29) is 5.41 Å². The number of ether oxygens (including phenoxy) is 2. The first-order valence-corrected chi connectivity index (χ1v) is 7.38. The Kier molecular flexibility index (Phi) is 7.03. The van der Waals surface area contributed by atoms with E-state index in [2.05, 4.69) is 51.2 Å². The van der Waals surface area contributed by atoms with Crippen LogP contribution in [0.15, 0.2) is 18.2 Å². The Morgan fingerprint density at radius 2 is 1.85 bits per heavy atom. The van der Waals surface area contributed by atoms with Crippen LogP contribution in [0.4, 0.5) is 0 Å². The summed E-state index contributed by atoms with van der Waals surface area (Å²) in [6, 6.07) is 6.42. The van der Waals surface area contributed by atoms with Gasteiger partial charge in [-0.2, -0.15) is 0 Å². The van der Waals surface area contributed by atoms with Crippen LogP contribution in [0.5, 0.6) is 5.75 Å². The van der Waals surface area contributed by atoms with E-state index in [0.717, 1.165) is 31.9 Å². The minimum Gasteiger partial charge on any atom is -0.492 e. The average Bonchev–Trinajstić information content (AvgIpc) is 2.38. The molecule has 1 aromatic rings. The maximum Gasteiger partial charge on any atom is 0.123 e. The standard InChI is InChI=1S/C17H29NO2/c1-14-7-8-16(15(13-14)17(2,3)4)20-12-10-18-9-6-11-19-5/h7-8,13,18H,6,9-12H2,1-5H3. The first-order valence-electron chi connectivity index (χ1n) is 7.38. The van der Waals surface area contributed by atoms with Crippen molar-refractivity contribution in [2.24, 2.45) is 0 Å². The highest BCUT2D eigenvalue weighted by molar-refractivity contribution is 5.41. The lowest BCUT2D eigenvalue weighted by atomic mass is 9.85. The summed E-state index contributed by atoms with van der Waals surface area (Å²) in [6.07, 6.45) is 1.04. The van der Waals surface area contributed by atoms with E-state index < -0.39 is 0 Å². The van der Waals surface area contributed by atoms with Crippen LogP contribution in [0.25, 0.3) is 0 Å². The molecule has 0 saturated carbocycles. The van der Waals surface area contributed by atoms with Crippen LogP contribution in [0, 0.1) is 6.92 Å². The lowest BCUT2D eigenvalue weighted by Crippen LogP contribution is -2.23. The zero-order chi connectivity index (χ0) is 15.0. The van der Waals surface area contributed by atoms with Gasteiger partial charge in [0.2, 0.25) is 0 Å². The Morgan fingerprint density at radius 3 is 2.50 bits per heavy atom. The summed E-state index contributed by atoms with van der Waals surface area (Å²) >= 11 is 0. The third kappa shape index (κ3) is 5.93. The second kappa shape index (κ2) is 8.28. The third-order valence-corrected chi connectivity index (χ3v) is 3.18. The summed E-state index contributed by atoms with van der Waals surface area (Å²) in [4.78, 5) is 0. The number of benzene rings is 1. The maximum atomic E-state index is 5.93. The van der Waals surface area contributed by atoms with Crippen LogP contribution in [0.3, 0.4) is 0 Å². The van der Waals surface area contributed by atoms with Gasteiger partial charge in [-0.15, -0.1) is 0 Å². The molecular weight excluding hydrogens is 250 g/mol. The average molecular weight is 279 g/mol. The maximum absolute atomic E-state index is 5.93. The highest BCUT2D eigenvalue weighted by Crippen LogP contribution is 2.31. The molecule has 0 bridgehead atoms. The van der Waals surface area contributed by atoms with Crippen molar-refractivity contribution in [3.8, 4) is 5.75 Å². The Morgan fingerprint density at radius 1 is 1.10 bits per heavy atom. The molecule has 0 amide bonds. The normalized spacial score (nSPS) is 11.7. The number of hydrogen-bond acceptors (Lipinski definition) is 3. The summed E-state index contributed by atoms with van der Waals surface area (Å²) in [7, 11) is 1.73. The van der Waals surface area contributed by atoms with Crippen molar-refractivity contribution in [2.45, 2.75) is 39.5 Å². The molecule has 3 nitrogen and oxygen atoms in total. The zero-order valence-corrected chi connectivity index (χ0v) is 13.6. The SMILES string of the molecule is COCCCNCCOc1ccc(C)cc1C(C)(C)C. The fourth-order valence-electron chi connectivity index (χ4n) is 2.06. The monoisotopic (exact) mass is 279 g/mol. The van der Waals surface area contributed by atoms with Gasteiger partial charge in [-0.3, -0.25) is 0 Å². The molecule has 1 N–H and O–H groups in total. The van der Waals surface area contributed by atoms with Crippen molar-refractivity contribution in [2.75, 3.05) is 33.4 Å². The quantitative estimate of drug-likeness (QED) is 0.741. The number of methoxy groups -OCH3 is 1. The lowest BCUT2D eigenvalue weighted by molar-refractivity contribution is 0.193. The summed E-state index contributed by atoms with van der Waals surface area (Å²) in [6.45, 7) is 12.1. The number of hydrogen-bond donors (Lipinski definition) is 1. The topological polar surface area (TPSA) is 30.5 Å². The highest BCUT2D eigenvalue weighted by Gasteiger charge is 2.18. The van der Waals surface area contributed by atoms with Gasteiger partial charge in [0, 0.05) is 20.3 Å². The summed E-state index contributed by atoms with van der Waals surface area (Å²) in [5, 5.41) is 3.36. The van der Waals surface area contributed by atoms with Crippen LogP contribution in [-0.2, 0) is 10.2 Å². The van der Waals surface area contributed by atoms with E-state index in [0.29, 0.717) is 6.61 Å². The highest BCUT2D eigenvalue weighted by atomic mass is 16.5. The van der Waals surface area contributed by atoms with Crippen molar-refractivity contribution >= 4 is 0 Å². The third-order valence-electron chi connectivity index (χ3n) is 3.18. The Balaban J connectivity index is 2.44. The van der Waals surface area contributed by atoms with Gasteiger partial charge < -0.3 is 14.8 Å². The number of aryl methyl sites for hydroxylation is 1. The smallest absolute Gasteiger partial charge is 0.123 e. The second-order valence-electron chi connectivity index (χ2n) is 6.19. The molecule has 0 aliphatic rings. The summed E-state index contributed by atoms with van der Waals surface area (Å²) in [5.41, 5.74) is 2.66. The van der Waals surface area contributed by atoms with Crippen LogP contribution < -0.4 is 10.1 Å². The Bertz CT molecular complexity index is 396. The molecule has 0 heterocycles. The van der Waals surface area contributed by atoms with Gasteiger partial charge in [0.15, 0.2) is 0 Å². The predicted octanol–water partition coefficient (Wildman–Crippen LogP) is 3.30. The fourth-order valence-corrected chi connectivity index (χ4v) is 2.06. The van der Waals surface area contributed by atoms with Crippen LogP contribution in [0.1, 0.15) is 38.3 Å². The number of rotatable bonds is 8. The van der Waals surface area contributed by atoms with Crippen molar-refractivity contribution in [1.82, 2.24) is 5.32 Å². The second-order valence-corrected chi connectivity index (χ2v) is 6.19. The van der Waals surface area contributed by atoms with Gasteiger partial charge in [-0.05, 0) is 36.9 Å². The van der Waals surface area contributed by atoms with Crippen LogP contribution >= 0.6 is 0 Å². The molecule has 0 unspecified atom stereocenters. The van der Waals surface area contributed by atoms with Crippen molar-refractivity contribution < 1.29 is 9.47 Å². The zero-order valence-electron chi connectivity index (χ0n) is 13.6. The molecule has 20 heavy (non-hydrogen) atoms. The molecular formula is C17H29NO2. The minimum absolute atomic E-state index is 0.104. The molecule has 114 valence electrons. The first kappa shape index (κ1) is 17.0. The van der Waals surface area contributed by atoms with E-state index in [1.165, 1.54) is 11.1 Å². The van der Waals surface area contributed by atoms with Crippen molar-refractivity contribution in [1.29, 1.82) is 0 Å². The van der Waals surface area contributed by atoms with Gasteiger partial charge in [-0.1, -0.05) is 38.5 Å². The molecule has 0 aliphatic heterocycles. The van der Waals surface area contributed by atoms with E-state index in [1.807, 2.05) is 0 Å². The summed E-state index contributed by atoms with van der Waals surface area (Å²) in [5.74, 6) is 1.00. The molecule has 1 rings (SSSR count). The molecule has 0 atom stereocenters. The van der Waals surface area contributed by atoms with Gasteiger partial charge in [-0.25, -0.2) is 0 Å². The molecule has 0 saturated heterocycles.